The first kappa shape index (κ1) is 19.1. The van der Waals surface area contributed by atoms with Gasteiger partial charge in [0.2, 0.25) is 12.0 Å². The zero-order valence-electron chi connectivity index (χ0n) is 15.5. The van der Waals surface area contributed by atoms with Crippen LogP contribution in [0.5, 0.6) is 0 Å². The lowest BCUT2D eigenvalue weighted by Crippen LogP contribution is -2.33. The lowest BCUT2D eigenvalue weighted by atomic mass is 10.1. The summed E-state index contributed by atoms with van der Waals surface area (Å²) in [7, 11) is 0. The maximum absolute atomic E-state index is 12.9. The van der Waals surface area contributed by atoms with E-state index in [1.165, 1.54) is 18.3 Å². The average molecular weight is 386 g/mol. The molecule has 27 heavy (non-hydrogen) atoms. The van der Waals surface area contributed by atoms with E-state index in [4.69, 9.17) is 4.74 Å². The summed E-state index contributed by atoms with van der Waals surface area (Å²) in [5.41, 5.74) is 1.64. The number of thiophene rings is 1. The summed E-state index contributed by atoms with van der Waals surface area (Å²) in [5, 5.41) is 6.01. The lowest BCUT2D eigenvalue weighted by molar-refractivity contribution is -0.130. The van der Waals surface area contributed by atoms with Crippen molar-refractivity contribution in [3.05, 3.63) is 51.9 Å². The van der Waals surface area contributed by atoms with Gasteiger partial charge in [0.1, 0.15) is 5.00 Å². The van der Waals surface area contributed by atoms with Crippen molar-refractivity contribution in [3.8, 4) is 0 Å². The van der Waals surface area contributed by atoms with Crippen LogP contribution in [0.15, 0.2) is 30.3 Å². The standard InChI is InChI=1S/C20H22N2O4S/c1-11-12(2)27-19(21-13(3)23)16(11)20(25)26-17(14-7-5-4-6-8-14)18(24)22-15-9-10-15/h4-8,15,17H,9-10H2,1-3H3,(H,21,23)(H,22,24)/t17-/m1/s1. The van der Waals surface area contributed by atoms with Crippen molar-refractivity contribution >= 4 is 34.1 Å². The van der Waals surface area contributed by atoms with Gasteiger partial charge in [0.05, 0.1) is 5.56 Å². The molecule has 2 N–H and O–H groups in total. The molecule has 1 aliphatic carbocycles. The molecular weight excluding hydrogens is 364 g/mol. The quantitative estimate of drug-likeness (QED) is 0.744. The van der Waals surface area contributed by atoms with Gasteiger partial charge < -0.3 is 15.4 Å². The molecule has 1 aromatic carbocycles. The molecule has 1 saturated carbocycles. The number of esters is 1. The van der Waals surface area contributed by atoms with Gasteiger partial charge in [0.25, 0.3) is 5.91 Å². The first-order valence-electron chi connectivity index (χ1n) is 8.80. The Morgan fingerprint density at radius 3 is 2.41 bits per heavy atom. The summed E-state index contributed by atoms with van der Waals surface area (Å²) in [6.45, 7) is 5.06. The number of ether oxygens (including phenoxy) is 1. The number of benzene rings is 1. The van der Waals surface area contributed by atoms with Crippen molar-refractivity contribution in [1.29, 1.82) is 0 Å². The van der Waals surface area contributed by atoms with Crippen LogP contribution in [0.2, 0.25) is 0 Å². The molecule has 0 spiro atoms. The van der Waals surface area contributed by atoms with Gasteiger partial charge in [-0.15, -0.1) is 11.3 Å². The molecule has 6 nitrogen and oxygen atoms in total. The number of anilines is 1. The predicted octanol–water partition coefficient (Wildman–Crippen LogP) is 3.50. The van der Waals surface area contributed by atoms with Crippen LogP contribution in [0.4, 0.5) is 5.00 Å². The van der Waals surface area contributed by atoms with Gasteiger partial charge in [-0.2, -0.15) is 0 Å². The normalized spacial score (nSPS) is 14.3. The molecule has 1 heterocycles. The van der Waals surface area contributed by atoms with E-state index in [1.54, 1.807) is 31.2 Å². The van der Waals surface area contributed by atoms with Gasteiger partial charge in [-0.25, -0.2) is 4.79 Å². The van der Waals surface area contributed by atoms with Crippen molar-refractivity contribution in [3.63, 3.8) is 0 Å². The molecule has 7 heteroatoms. The van der Waals surface area contributed by atoms with Crippen molar-refractivity contribution in [1.82, 2.24) is 5.32 Å². The highest BCUT2D eigenvalue weighted by atomic mass is 32.1. The first-order chi connectivity index (χ1) is 12.9. The largest absolute Gasteiger partial charge is 0.444 e. The van der Waals surface area contributed by atoms with E-state index >= 15 is 0 Å². The Hall–Kier alpha value is -2.67. The number of amides is 2. The third-order valence-corrected chi connectivity index (χ3v) is 5.49. The molecule has 2 amide bonds. The number of carbonyl (C=O) groups is 3. The Bertz CT molecular complexity index is 872. The second-order valence-corrected chi connectivity index (χ2v) is 7.87. The molecule has 1 atom stereocenters. The Balaban J connectivity index is 1.88. The number of aryl methyl sites for hydroxylation is 1. The van der Waals surface area contributed by atoms with Crippen LogP contribution in [0.1, 0.15) is 52.2 Å². The van der Waals surface area contributed by atoms with E-state index in [9.17, 15) is 14.4 Å². The first-order valence-corrected chi connectivity index (χ1v) is 9.62. The Morgan fingerprint density at radius 1 is 1.15 bits per heavy atom. The van der Waals surface area contributed by atoms with Crippen LogP contribution >= 0.6 is 11.3 Å². The highest BCUT2D eigenvalue weighted by molar-refractivity contribution is 7.16. The summed E-state index contributed by atoms with van der Waals surface area (Å²) >= 11 is 1.32. The molecule has 3 rings (SSSR count). The summed E-state index contributed by atoms with van der Waals surface area (Å²) < 4.78 is 5.63. The Labute approximate surface area is 161 Å². The molecule has 0 bridgehead atoms. The number of carbonyl (C=O) groups excluding carboxylic acids is 3. The van der Waals surface area contributed by atoms with Gasteiger partial charge in [0.15, 0.2) is 0 Å². The minimum atomic E-state index is -1.04. The highest BCUT2D eigenvalue weighted by Gasteiger charge is 2.32. The number of rotatable bonds is 6. The molecule has 1 fully saturated rings. The van der Waals surface area contributed by atoms with E-state index in [2.05, 4.69) is 10.6 Å². The summed E-state index contributed by atoms with van der Waals surface area (Å²) in [6.07, 6.45) is 0.844. The molecule has 0 saturated heterocycles. The third kappa shape index (κ3) is 4.54. The topological polar surface area (TPSA) is 84.5 Å². The van der Waals surface area contributed by atoms with Crippen molar-refractivity contribution in [2.24, 2.45) is 0 Å². The van der Waals surface area contributed by atoms with E-state index in [0.717, 1.165) is 23.3 Å². The molecule has 1 aliphatic rings. The van der Waals surface area contributed by atoms with Crippen molar-refractivity contribution in [2.75, 3.05) is 5.32 Å². The Kier molecular flexibility index (Phi) is 5.60. The zero-order chi connectivity index (χ0) is 19.6. The fraction of sp³-hybridized carbons (Fsp3) is 0.350. The fourth-order valence-corrected chi connectivity index (χ4v) is 3.79. The smallest absolute Gasteiger partial charge is 0.342 e. The summed E-state index contributed by atoms with van der Waals surface area (Å²) in [6, 6.07) is 9.09. The molecule has 0 unspecified atom stereocenters. The van der Waals surface area contributed by atoms with Gasteiger partial charge in [-0.05, 0) is 32.3 Å². The fourth-order valence-electron chi connectivity index (χ4n) is 2.69. The Morgan fingerprint density at radius 2 is 1.81 bits per heavy atom. The second-order valence-electron chi connectivity index (χ2n) is 6.65. The van der Waals surface area contributed by atoms with Gasteiger partial charge in [-0.3, -0.25) is 9.59 Å². The van der Waals surface area contributed by atoms with Crippen LogP contribution < -0.4 is 10.6 Å². The molecule has 0 radical (unpaired) electrons. The van der Waals surface area contributed by atoms with Gasteiger partial charge >= 0.3 is 5.97 Å². The van der Waals surface area contributed by atoms with Crippen LogP contribution in [0.3, 0.4) is 0 Å². The minimum Gasteiger partial charge on any atom is -0.444 e. The van der Waals surface area contributed by atoms with Crippen molar-refractivity contribution < 1.29 is 19.1 Å². The van der Waals surface area contributed by atoms with E-state index in [0.29, 0.717) is 16.1 Å². The maximum atomic E-state index is 12.9. The van der Waals surface area contributed by atoms with E-state index in [1.807, 2.05) is 13.0 Å². The van der Waals surface area contributed by atoms with Crippen LogP contribution in [0.25, 0.3) is 0 Å². The van der Waals surface area contributed by atoms with Crippen molar-refractivity contribution in [2.45, 2.75) is 45.8 Å². The number of nitrogens with one attached hydrogen (secondary N) is 2. The van der Waals surface area contributed by atoms with Gasteiger partial charge in [0, 0.05) is 23.4 Å². The summed E-state index contributed by atoms with van der Waals surface area (Å²) in [4.78, 5) is 38.0. The molecule has 2 aromatic rings. The van der Waals surface area contributed by atoms with Crippen LogP contribution in [0, 0.1) is 13.8 Å². The maximum Gasteiger partial charge on any atom is 0.342 e. The molecule has 0 aliphatic heterocycles. The zero-order valence-corrected chi connectivity index (χ0v) is 16.3. The SMILES string of the molecule is CC(=O)Nc1sc(C)c(C)c1C(=O)O[C@@H](C(=O)NC1CC1)c1ccccc1. The average Bonchev–Trinajstić information content (AvgIpc) is 3.38. The number of hydrogen-bond donors (Lipinski definition) is 2. The van der Waals surface area contributed by atoms with Crippen LogP contribution in [-0.2, 0) is 14.3 Å². The molecule has 142 valence electrons. The molecular formula is C20H22N2O4S. The van der Waals surface area contributed by atoms with E-state index in [-0.39, 0.29) is 17.9 Å². The second kappa shape index (κ2) is 7.92. The number of hydrogen-bond acceptors (Lipinski definition) is 5. The van der Waals surface area contributed by atoms with Gasteiger partial charge in [-0.1, -0.05) is 30.3 Å². The predicted molar refractivity (Wildman–Crippen MR) is 104 cm³/mol. The van der Waals surface area contributed by atoms with Crippen LogP contribution in [-0.4, -0.2) is 23.8 Å². The lowest BCUT2D eigenvalue weighted by Gasteiger charge is -2.18. The minimum absolute atomic E-state index is 0.155. The highest BCUT2D eigenvalue weighted by Crippen LogP contribution is 2.34. The molecule has 1 aromatic heterocycles. The third-order valence-electron chi connectivity index (χ3n) is 4.37. The monoisotopic (exact) mass is 386 g/mol. The van der Waals surface area contributed by atoms with E-state index < -0.39 is 12.1 Å². The summed E-state index contributed by atoms with van der Waals surface area (Å²) in [5.74, 6) is -1.22.